The maximum atomic E-state index is 3.82. The average molecular weight is 222 g/mol. The third-order valence-electron chi connectivity index (χ3n) is 3.39. The molecule has 2 nitrogen and oxygen atoms in total. The van der Waals surface area contributed by atoms with Crippen molar-refractivity contribution in [2.45, 2.75) is 32.2 Å². The van der Waals surface area contributed by atoms with Crippen molar-refractivity contribution >= 4 is 0 Å². The zero-order valence-electron chi connectivity index (χ0n) is 10.6. The summed E-state index contributed by atoms with van der Waals surface area (Å²) in [4.78, 5) is 2.43. The van der Waals surface area contributed by atoms with Crippen molar-refractivity contribution in [3.05, 3.63) is 25.3 Å². The molecule has 0 amide bonds. The molecule has 0 aromatic heterocycles. The third kappa shape index (κ3) is 4.11. The van der Waals surface area contributed by atoms with Crippen LogP contribution in [0.4, 0.5) is 0 Å². The Morgan fingerprint density at radius 2 is 1.94 bits per heavy atom. The molecule has 1 rings (SSSR count). The van der Waals surface area contributed by atoms with Crippen LogP contribution in [-0.4, -0.2) is 37.1 Å². The predicted molar refractivity (Wildman–Crippen MR) is 71.6 cm³/mol. The summed E-state index contributed by atoms with van der Waals surface area (Å²) >= 11 is 0. The van der Waals surface area contributed by atoms with Crippen molar-refractivity contribution in [2.24, 2.45) is 5.92 Å². The number of hydrogen-bond acceptors (Lipinski definition) is 2. The van der Waals surface area contributed by atoms with Gasteiger partial charge in [0.1, 0.15) is 0 Å². The molecule has 2 heteroatoms. The largest absolute Gasteiger partial charge is 0.314 e. The standard InChI is InChI=1S/C14H26N2/c1-4-10-16(11-5-2)12-13-8-7-9-14(13)15-6-3/h4-5,13-15H,1-2,6-12H2,3H3. The first-order chi connectivity index (χ1) is 7.81. The zero-order valence-corrected chi connectivity index (χ0v) is 10.6. The second-order valence-corrected chi connectivity index (χ2v) is 4.65. The second kappa shape index (κ2) is 7.64. The molecule has 16 heavy (non-hydrogen) atoms. The molecule has 0 aromatic carbocycles. The summed E-state index contributed by atoms with van der Waals surface area (Å²) in [6.07, 6.45) is 8.05. The lowest BCUT2D eigenvalue weighted by Crippen LogP contribution is -2.39. The van der Waals surface area contributed by atoms with Crippen LogP contribution in [0.2, 0.25) is 0 Å². The predicted octanol–water partition coefficient (Wildman–Crippen LogP) is 2.44. The van der Waals surface area contributed by atoms with Crippen LogP contribution in [0.15, 0.2) is 25.3 Å². The fourth-order valence-electron chi connectivity index (χ4n) is 2.71. The van der Waals surface area contributed by atoms with Crippen LogP contribution >= 0.6 is 0 Å². The van der Waals surface area contributed by atoms with E-state index in [1.54, 1.807) is 0 Å². The molecule has 0 aromatic rings. The van der Waals surface area contributed by atoms with Gasteiger partial charge in [0, 0.05) is 25.7 Å². The zero-order chi connectivity index (χ0) is 11.8. The van der Waals surface area contributed by atoms with E-state index in [-0.39, 0.29) is 0 Å². The van der Waals surface area contributed by atoms with Crippen molar-refractivity contribution in [3.63, 3.8) is 0 Å². The van der Waals surface area contributed by atoms with Crippen LogP contribution in [0.25, 0.3) is 0 Å². The number of rotatable bonds is 8. The Morgan fingerprint density at radius 1 is 1.25 bits per heavy atom. The lowest BCUT2D eigenvalue weighted by molar-refractivity contribution is 0.251. The molecule has 1 fully saturated rings. The Balaban J connectivity index is 2.42. The molecule has 0 aliphatic heterocycles. The van der Waals surface area contributed by atoms with Gasteiger partial charge < -0.3 is 5.32 Å². The molecule has 0 bridgehead atoms. The Morgan fingerprint density at radius 3 is 2.50 bits per heavy atom. The van der Waals surface area contributed by atoms with Gasteiger partial charge in [-0.2, -0.15) is 0 Å². The van der Waals surface area contributed by atoms with Gasteiger partial charge in [-0.25, -0.2) is 0 Å². The van der Waals surface area contributed by atoms with Crippen molar-refractivity contribution in [3.8, 4) is 0 Å². The molecule has 0 heterocycles. The fraction of sp³-hybridized carbons (Fsp3) is 0.714. The average Bonchev–Trinajstić information content (AvgIpc) is 2.67. The van der Waals surface area contributed by atoms with Crippen LogP contribution in [0.1, 0.15) is 26.2 Å². The molecule has 2 unspecified atom stereocenters. The molecule has 1 aliphatic carbocycles. The monoisotopic (exact) mass is 222 g/mol. The highest BCUT2D eigenvalue weighted by atomic mass is 15.1. The summed E-state index contributed by atoms with van der Waals surface area (Å²) in [6, 6.07) is 0.724. The molecule has 1 saturated carbocycles. The van der Waals surface area contributed by atoms with Gasteiger partial charge in [0.05, 0.1) is 0 Å². The maximum Gasteiger partial charge on any atom is 0.0164 e. The van der Waals surface area contributed by atoms with Gasteiger partial charge in [0.25, 0.3) is 0 Å². The highest BCUT2D eigenvalue weighted by molar-refractivity contribution is 4.88. The van der Waals surface area contributed by atoms with Crippen LogP contribution in [0.3, 0.4) is 0 Å². The smallest absolute Gasteiger partial charge is 0.0164 e. The lowest BCUT2D eigenvalue weighted by atomic mass is 10.0. The summed E-state index contributed by atoms with van der Waals surface area (Å²) in [7, 11) is 0. The molecule has 92 valence electrons. The summed E-state index contributed by atoms with van der Waals surface area (Å²) < 4.78 is 0. The van der Waals surface area contributed by atoms with Gasteiger partial charge in [0.15, 0.2) is 0 Å². The minimum atomic E-state index is 0.724. The summed E-state index contributed by atoms with van der Waals surface area (Å²) in [5, 5.41) is 3.61. The Kier molecular flexibility index (Phi) is 6.43. The molecular formula is C14H26N2. The van der Waals surface area contributed by atoms with Crippen LogP contribution < -0.4 is 5.32 Å². The number of hydrogen-bond donors (Lipinski definition) is 1. The van der Waals surface area contributed by atoms with Crippen molar-refractivity contribution in [2.75, 3.05) is 26.2 Å². The first kappa shape index (κ1) is 13.5. The van der Waals surface area contributed by atoms with Crippen molar-refractivity contribution in [1.82, 2.24) is 10.2 Å². The van der Waals surface area contributed by atoms with Gasteiger partial charge in [-0.1, -0.05) is 25.5 Å². The minimum Gasteiger partial charge on any atom is -0.314 e. The van der Waals surface area contributed by atoms with E-state index in [0.717, 1.165) is 31.6 Å². The molecule has 0 radical (unpaired) electrons. The molecule has 0 saturated heterocycles. The summed E-state index contributed by atoms with van der Waals surface area (Å²) in [5.41, 5.74) is 0. The first-order valence-corrected chi connectivity index (χ1v) is 6.49. The summed E-state index contributed by atoms with van der Waals surface area (Å²) in [5.74, 6) is 0.805. The SMILES string of the molecule is C=CCN(CC=C)CC1CCCC1NCC. The molecular weight excluding hydrogens is 196 g/mol. The van der Waals surface area contributed by atoms with Crippen molar-refractivity contribution < 1.29 is 0 Å². The molecule has 0 spiro atoms. The van der Waals surface area contributed by atoms with E-state index in [1.807, 2.05) is 12.2 Å². The van der Waals surface area contributed by atoms with Crippen LogP contribution in [0, 0.1) is 5.92 Å². The van der Waals surface area contributed by atoms with E-state index in [2.05, 4.69) is 30.3 Å². The van der Waals surface area contributed by atoms with Gasteiger partial charge in [-0.15, -0.1) is 13.2 Å². The Hall–Kier alpha value is -0.600. The Labute approximate surface area is 100 Å². The van der Waals surface area contributed by atoms with E-state index >= 15 is 0 Å². The van der Waals surface area contributed by atoms with Crippen LogP contribution in [-0.2, 0) is 0 Å². The lowest BCUT2D eigenvalue weighted by Gasteiger charge is -2.27. The van der Waals surface area contributed by atoms with E-state index < -0.39 is 0 Å². The Bertz CT molecular complexity index is 203. The van der Waals surface area contributed by atoms with Gasteiger partial charge in [-0.05, 0) is 25.3 Å². The van der Waals surface area contributed by atoms with E-state index in [1.165, 1.54) is 25.8 Å². The quantitative estimate of drug-likeness (QED) is 0.635. The third-order valence-corrected chi connectivity index (χ3v) is 3.39. The highest BCUT2D eigenvalue weighted by Gasteiger charge is 2.27. The fourth-order valence-corrected chi connectivity index (χ4v) is 2.71. The first-order valence-electron chi connectivity index (χ1n) is 6.49. The molecule has 1 aliphatic rings. The van der Waals surface area contributed by atoms with Gasteiger partial charge in [-0.3, -0.25) is 4.90 Å². The minimum absolute atomic E-state index is 0.724. The van der Waals surface area contributed by atoms with Gasteiger partial charge in [0.2, 0.25) is 0 Å². The maximum absolute atomic E-state index is 3.82. The van der Waals surface area contributed by atoms with Gasteiger partial charge >= 0.3 is 0 Å². The number of nitrogens with one attached hydrogen (secondary N) is 1. The second-order valence-electron chi connectivity index (χ2n) is 4.65. The van der Waals surface area contributed by atoms with E-state index in [0.29, 0.717) is 0 Å². The van der Waals surface area contributed by atoms with E-state index in [9.17, 15) is 0 Å². The topological polar surface area (TPSA) is 15.3 Å². The molecule has 2 atom stereocenters. The van der Waals surface area contributed by atoms with E-state index in [4.69, 9.17) is 0 Å². The summed E-state index contributed by atoms with van der Waals surface area (Å²) in [6.45, 7) is 14.0. The normalized spacial score (nSPS) is 24.9. The van der Waals surface area contributed by atoms with Crippen molar-refractivity contribution in [1.29, 1.82) is 0 Å². The van der Waals surface area contributed by atoms with Crippen LogP contribution in [0.5, 0.6) is 0 Å². The molecule has 1 N–H and O–H groups in total. The highest BCUT2D eigenvalue weighted by Crippen LogP contribution is 2.26. The number of nitrogens with zero attached hydrogens (tertiary/aromatic N) is 1.